The zero-order valence-corrected chi connectivity index (χ0v) is 26.7. The number of halogens is 2. The number of unbranched alkanes of at least 4 members (excludes halogenated alkanes) is 11. The second-order valence-corrected chi connectivity index (χ2v) is 11.3. The minimum absolute atomic E-state index is 0. The number of hydrogen-bond donors (Lipinski definition) is 1. The SMILES string of the molecule is CCCCCCCCCCCCCCOc1ccc(C(=O)Nc2cccc(C[n+]3cscc3C)c2)c(Cl)c1.[Br-]. The summed E-state index contributed by atoms with van der Waals surface area (Å²) in [4.78, 5) is 12.9. The Balaban J connectivity index is 0.00000533. The van der Waals surface area contributed by atoms with Crippen LogP contribution in [0.3, 0.4) is 0 Å². The first kappa shape index (κ1) is 33.3. The molecule has 3 aromatic rings. The molecule has 1 amide bonds. The van der Waals surface area contributed by atoms with E-state index in [1.165, 1.54) is 76.3 Å². The molecule has 4 nitrogen and oxygen atoms in total. The van der Waals surface area contributed by atoms with Gasteiger partial charge < -0.3 is 27.0 Å². The summed E-state index contributed by atoms with van der Waals surface area (Å²) in [6, 6.07) is 13.2. The third-order valence-corrected chi connectivity index (χ3v) is 8.04. The second-order valence-electron chi connectivity index (χ2n) is 10.2. The topological polar surface area (TPSA) is 42.2 Å². The van der Waals surface area contributed by atoms with Crippen molar-refractivity contribution in [1.82, 2.24) is 0 Å². The highest BCUT2D eigenvalue weighted by atomic mass is 79.9. The molecule has 0 saturated carbocycles. The van der Waals surface area contributed by atoms with Crippen molar-refractivity contribution in [2.45, 2.75) is 97.4 Å². The van der Waals surface area contributed by atoms with E-state index in [0.29, 0.717) is 22.9 Å². The molecule has 0 bridgehead atoms. The van der Waals surface area contributed by atoms with E-state index in [9.17, 15) is 4.79 Å². The van der Waals surface area contributed by atoms with Crippen molar-refractivity contribution in [2.75, 3.05) is 11.9 Å². The fourth-order valence-electron chi connectivity index (χ4n) is 4.56. The first-order valence-electron chi connectivity index (χ1n) is 14.3. The lowest BCUT2D eigenvalue weighted by Crippen LogP contribution is -3.00. The summed E-state index contributed by atoms with van der Waals surface area (Å²) < 4.78 is 8.08. The summed E-state index contributed by atoms with van der Waals surface area (Å²) in [5.74, 6) is 0.485. The van der Waals surface area contributed by atoms with Crippen LogP contribution in [0.4, 0.5) is 5.69 Å². The maximum Gasteiger partial charge on any atom is 0.257 e. The van der Waals surface area contributed by atoms with Crippen molar-refractivity contribution >= 4 is 34.5 Å². The summed E-state index contributed by atoms with van der Waals surface area (Å²) in [6.07, 6.45) is 15.9. The number of thiazole rings is 1. The molecule has 1 heterocycles. The number of aryl methyl sites for hydroxylation is 1. The molecule has 2 aromatic carbocycles. The molecular formula is C32H44BrClN2O2S. The molecule has 0 aliphatic rings. The predicted molar refractivity (Wildman–Crippen MR) is 161 cm³/mol. The Kier molecular flexibility index (Phi) is 16.4. The predicted octanol–water partition coefficient (Wildman–Crippen LogP) is 6.38. The van der Waals surface area contributed by atoms with E-state index in [1.54, 1.807) is 23.5 Å². The highest BCUT2D eigenvalue weighted by molar-refractivity contribution is 7.07. The van der Waals surface area contributed by atoms with Crippen LogP contribution in [0.2, 0.25) is 5.02 Å². The van der Waals surface area contributed by atoms with Gasteiger partial charge in [-0.05, 0) is 36.8 Å². The van der Waals surface area contributed by atoms with Gasteiger partial charge in [0, 0.05) is 18.2 Å². The zero-order chi connectivity index (χ0) is 27.0. The van der Waals surface area contributed by atoms with Crippen molar-refractivity contribution in [1.29, 1.82) is 0 Å². The molecule has 1 N–H and O–H groups in total. The van der Waals surface area contributed by atoms with Gasteiger partial charge in [-0.3, -0.25) is 4.79 Å². The molecule has 0 aliphatic carbocycles. The number of anilines is 1. The van der Waals surface area contributed by atoms with Gasteiger partial charge in [0.15, 0.2) is 12.2 Å². The lowest BCUT2D eigenvalue weighted by molar-refractivity contribution is -0.689. The molecule has 0 fully saturated rings. The number of benzene rings is 2. The van der Waals surface area contributed by atoms with Gasteiger partial charge in [-0.2, -0.15) is 4.57 Å². The molecule has 214 valence electrons. The molecule has 7 heteroatoms. The van der Waals surface area contributed by atoms with E-state index in [4.69, 9.17) is 16.3 Å². The number of ether oxygens (including phenoxy) is 1. The Morgan fingerprint density at radius 3 is 2.21 bits per heavy atom. The van der Waals surface area contributed by atoms with Gasteiger partial charge in [-0.1, -0.05) is 113 Å². The van der Waals surface area contributed by atoms with Crippen molar-refractivity contribution in [3.8, 4) is 5.75 Å². The fourth-order valence-corrected chi connectivity index (χ4v) is 5.60. The first-order valence-corrected chi connectivity index (χ1v) is 15.6. The highest BCUT2D eigenvalue weighted by Gasteiger charge is 2.13. The molecule has 0 aliphatic heterocycles. The molecule has 0 unspecified atom stereocenters. The summed E-state index contributed by atoms with van der Waals surface area (Å²) in [5, 5.41) is 5.50. The van der Waals surface area contributed by atoms with E-state index in [0.717, 1.165) is 24.2 Å². The Labute approximate surface area is 254 Å². The maximum atomic E-state index is 12.9. The molecule has 39 heavy (non-hydrogen) atoms. The Morgan fingerprint density at radius 2 is 1.59 bits per heavy atom. The number of nitrogens with zero attached hydrogens (tertiary/aromatic N) is 1. The van der Waals surface area contributed by atoms with Gasteiger partial charge >= 0.3 is 0 Å². The number of amides is 1. The summed E-state index contributed by atoms with van der Waals surface area (Å²) >= 11 is 8.13. The number of hydrogen-bond acceptors (Lipinski definition) is 3. The second kappa shape index (κ2) is 19.2. The minimum Gasteiger partial charge on any atom is -1.00 e. The van der Waals surface area contributed by atoms with Crippen LogP contribution in [0.1, 0.15) is 106 Å². The molecule has 3 rings (SSSR count). The van der Waals surface area contributed by atoms with Crippen LogP contribution in [0, 0.1) is 6.92 Å². The fraction of sp³-hybridized carbons (Fsp3) is 0.500. The lowest BCUT2D eigenvalue weighted by Gasteiger charge is -2.10. The molecule has 0 radical (unpaired) electrons. The van der Waals surface area contributed by atoms with E-state index < -0.39 is 0 Å². The van der Waals surface area contributed by atoms with Gasteiger partial charge in [-0.25, -0.2) is 0 Å². The lowest BCUT2D eigenvalue weighted by atomic mass is 10.1. The third kappa shape index (κ3) is 12.4. The van der Waals surface area contributed by atoms with Gasteiger partial charge in [-0.15, -0.1) is 0 Å². The molecular weight excluding hydrogens is 592 g/mol. The summed E-state index contributed by atoms with van der Waals surface area (Å²) in [5.41, 5.74) is 5.64. The maximum absolute atomic E-state index is 12.9. The third-order valence-electron chi connectivity index (χ3n) is 6.87. The first-order chi connectivity index (χ1) is 18.6. The standard InChI is InChI=1S/C32H43ClN2O2S.BrH/c1-3-4-5-6-7-8-9-10-11-12-13-14-20-37-29-18-19-30(31(33)22-29)32(36)34-28-17-15-16-27(21-28)23-35-25-38-24-26(35)2;/h15-19,21-22,24-25H,3-14,20,23H2,1-2H3;1H. The number of nitrogens with one attached hydrogen (secondary N) is 1. The monoisotopic (exact) mass is 634 g/mol. The zero-order valence-electron chi connectivity index (χ0n) is 23.5. The smallest absolute Gasteiger partial charge is 0.257 e. The van der Waals surface area contributed by atoms with Gasteiger partial charge in [0.05, 0.1) is 22.6 Å². The van der Waals surface area contributed by atoms with Crippen molar-refractivity contribution in [3.05, 3.63) is 75.2 Å². The van der Waals surface area contributed by atoms with Gasteiger partial charge in [0.1, 0.15) is 5.75 Å². The van der Waals surface area contributed by atoms with E-state index in [1.807, 2.05) is 24.3 Å². The molecule has 0 saturated heterocycles. The summed E-state index contributed by atoms with van der Waals surface area (Å²) in [7, 11) is 0. The van der Waals surface area contributed by atoms with Gasteiger partial charge in [0.2, 0.25) is 5.51 Å². The number of carbonyl (C=O) groups excluding carboxylic acids is 1. The van der Waals surface area contributed by atoms with E-state index >= 15 is 0 Å². The van der Waals surface area contributed by atoms with Crippen LogP contribution in [0.25, 0.3) is 0 Å². The quantitative estimate of drug-likeness (QED) is 0.130. The number of rotatable bonds is 18. The Hall–Kier alpha value is -1.89. The Morgan fingerprint density at radius 1 is 0.923 bits per heavy atom. The molecule has 1 aromatic heterocycles. The van der Waals surface area contributed by atoms with Crippen LogP contribution in [0.15, 0.2) is 53.4 Å². The van der Waals surface area contributed by atoms with Crippen LogP contribution >= 0.6 is 22.9 Å². The minimum atomic E-state index is -0.223. The van der Waals surface area contributed by atoms with Crippen LogP contribution in [0.5, 0.6) is 5.75 Å². The van der Waals surface area contributed by atoms with Crippen molar-refractivity contribution in [2.24, 2.45) is 0 Å². The van der Waals surface area contributed by atoms with Gasteiger partial charge in [0.25, 0.3) is 5.91 Å². The van der Waals surface area contributed by atoms with Crippen molar-refractivity contribution < 1.29 is 31.1 Å². The Bertz CT molecular complexity index is 1120. The highest BCUT2D eigenvalue weighted by Crippen LogP contribution is 2.24. The van der Waals surface area contributed by atoms with E-state index in [2.05, 4.69) is 40.7 Å². The normalized spacial score (nSPS) is 10.7. The van der Waals surface area contributed by atoms with Crippen LogP contribution in [-0.2, 0) is 6.54 Å². The van der Waals surface area contributed by atoms with E-state index in [-0.39, 0.29) is 22.9 Å². The number of carbonyl (C=O) groups is 1. The largest absolute Gasteiger partial charge is 1.00 e. The summed E-state index contributed by atoms with van der Waals surface area (Å²) in [6.45, 7) is 5.81. The average Bonchev–Trinajstić information content (AvgIpc) is 3.31. The number of aromatic nitrogens is 1. The van der Waals surface area contributed by atoms with Crippen LogP contribution < -0.4 is 31.6 Å². The average molecular weight is 636 g/mol. The van der Waals surface area contributed by atoms with Crippen LogP contribution in [-0.4, -0.2) is 12.5 Å². The molecule has 0 atom stereocenters. The molecule has 0 spiro atoms. The van der Waals surface area contributed by atoms with Crippen molar-refractivity contribution in [3.63, 3.8) is 0 Å².